The third-order valence-corrected chi connectivity index (χ3v) is 5.06. The van der Waals surface area contributed by atoms with E-state index in [2.05, 4.69) is 27.7 Å². The van der Waals surface area contributed by atoms with Crippen LogP contribution in [0.3, 0.4) is 0 Å². The molecule has 1 aliphatic heterocycles. The second-order valence-electron chi connectivity index (χ2n) is 7.46. The SMILES string of the molecule is O=C(NC[C@@H](O)COc1ccccc1)Nc1ccc(CCN2CCCCC2)cc1. The van der Waals surface area contributed by atoms with Gasteiger partial charge in [0.05, 0.1) is 0 Å². The van der Waals surface area contributed by atoms with E-state index in [4.69, 9.17) is 4.74 Å². The number of aliphatic hydroxyl groups excluding tert-OH is 1. The molecule has 1 saturated heterocycles. The van der Waals surface area contributed by atoms with Crippen LogP contribution in [-0.2, 0) is 6.42 Å². The van der Waals surface area contributed by atoms with Gasteiger partial charge in [0.25, 0.3) is 0 Å². The molecule has 0 bridgehead atoms. The summed E-state index contributed by atoms with van der Waals surface area (Å²) in [6.07, 6.45) is 4.23. The Bertz CT molecular complexity index is 731. The highest BCUT2D eigenvalue weighted by molar-refractivity contribution is 5.89. The van der Waals surface area contributed by atoms with E-state index in [1.165, 1.54) is 37.9 Å². The van der Waals surface area contributed by atoms with E-state index in [9.17, 15) is 9.90 Å². The number of hydrogen-bond acceptors (Lipinski definition) is 4. The second-order valence-corrected chi connectivity index (χ2v) is 7.46. The van der Waals surface area contributed by atoms with Crippen LogP contribution in [0.15, 0.2) is 54.6 Å². The number of nitrogens with one attached hydrogen (secondary N) is 2. The summed E-state index contributed by atoms with van der Waals surface area (Å²) < 4.78 is 5.47. The summed E-state index contributed by atoms with van der Waals surface area (Å²) in [6.45, 7) is 3.75. The zero-order valence-corrected chi connectivity index (χ0v) is 16.8. The minimum Gasteiger partial charge on any atom is -0.491 e. The first-order chi connectivity index (χ1) is 14.2. The third kappa shape index (κ3) is 7.75. The number of likely N-dealkylation sites (tertiary alicyclic amines) is 1. The lowest BCUT2D eigenvalue weighted by molar-refractivity contribution is 0.108. The van der Waals surface area contributed by atoms with Crippen molar-refractivity contribution in [2.24, 2.45) is 0 Å². The van der Waals surface area contributed by atoms with Crippen molar-refractivity contribution in [3.63, 3.8) is 0 Å². The van der Waals surface area contributed by atoms with Gasteiger partial charge in [-0.1, -0.05) is 36.8 Å². The summed E-state index contributed by atoms with van der Waals surface area (Å²) in [6, 6.07) is 16.9. The summed E-state index contributed by atoms with van der Waals surface area (Å²) in [7, 11) is 0. The van der Waals surface area contributed by atoms with Crippen molar-refractivity contribution in [3.8, 4) is 5.75 Å². The molecule has 1 fully saturated rings. The zero-order chi connectivity index (χ0) is 20.3. The molecule has 0 aromatic heterocycles. The molecule has 0 radical (unpaired) electrons. The van der Waals surface area contributed by atoms with Gasteiger partial charge in [0.1, 0.15) is 18.5 Å². The van der Waals surface area contributed by atoms with E-state index in [1.54, 1.807) is 0 Å². The van der Waals surface area contributed by atoms with Gasteiger partial charge in [-0.2, -0.15) is 0 Å². The Morgan fingerprint density at radius 3 is 2.48 bits per heavy atom. The van der Waals surface area contributed by atoms with E-state index in [0.717, 1.165) is 18.7 Å². The standard InChI is InChI=1S/C23H31N3O3/c27-21(18-29-22-7-3-1-4-8-22)17-24-23(28)25-20-11-9-19(10-12-20)13-16-26-14-5-2-6-15-26/h1,3-4,7-12,21,27H,2,5-6,13-18H2,(H2,24,25,28)/t21-/m1/s1. The summed E-state index contributed by atoms with van der Waals surface area (Å²) >= 11 is 0. The number of benzene rings is 2. The predicted molar refractivity (Wildman–Crippen MR) is 115 cm³/mol. The van der Waals surface area contributed by atoms with Crippen LogP contribution < -0.4 is 15.4 Å². The van der Waals surface area contributed by atoms with Gasteiger partial charge in [-0.05, 0) is 62.2 Å². The molecular formula is C23H31N3O3. The topological polar surface area (TPSA) is 73.8 Å². The quantitative estimate of drug-likeness (QED) is 0.607. The van der Waals surface area contributed by atoms with Crippen LogP contribution >= 0.6 is 0 Å². The largest absolute Gasteiger partial charge is 0.491 e. The van der Waals surface area contributed by atoms with Gasteiger partial charge < -0.3 is 25.4 Å². The Balaban J connectivity index is 1.33. The van der Waals surface area contributed by atoms with Gasteiger partial charge in [0.2, 0.25) is 0 Å². The van der Waals surface area contributed by atoms with E-state index < -0.39 is 6.10 Å². The fourth-order valence-corrected chi connectivity index (χ4v) is 3.38. The monoisotopic (exact) mass is 397 g/mol. The fourth-order valence-electron chi connectivity index (χ4n) is 3.38. The van der Waals surface area contributed by atoms with Crippen LogP contribution in [0.5, 0.6) is 5.75 Å². The summed E-state index contributed by atoms with van der Waals surface area (Å²) in [4.78, 5) is 14.6. The third-order valence-electron chi connectivity index (χ3n) is 5.06. The van der Waals surface area contributed by atoms with Crippen molar-refractivity contribution < 1.29 is 14.6 Å². The minimum atomic E-state index is -0.780. The summed E-state index contributed by atoms with van der Waals surface area (Å²) in [5.41, 5.74) is 2.01. The van der Waals surface area contributed by atoms with Gasteiger partial charge >= 0.3 is 6.03 Å². The number of nitrogens with zero attached hydrogens (tertiary/aromatic N) is 1. The molecule has 6 nitrogen and oxygen atoms in total. The van der Waals surface area contributed by atoms with E-state index in [1.807, 2.05) is 42.5 Å². The lowest BCUT2D eigenvalue weighted by Crippen LogP contribution is -2.37. The number of carbonyl (C=O) groups is 1. The number of piperidine rings is 1. The van der Waals surface area contributed by atoms with Crippen LogP contribution in [0.25, 0.3) is 0 Å². The Morgan fingerprint density at radius 2 is 1.76 bits per heavy atom. The van der Waals surface area contributed by atoms with Gasteiger partial charge in [-0.3, -0.25) is 0 Å². The molecule has 0 aliphatic carbocycles. The molecule has 29 heavy (non-hydrogen) atoms. The lowest BCUT2D eigenvalue weighted by Gasteiger charge is -2.26. The first kappa shape index (κ1) is 21.1. The second kappa shape index (κ2) is 11.4. The molecule has 3 N–H and O–H groups in total. The molecule has 0 spiro atoms. The average Bonchev–Trinajstić information content (AvgIpc) is 2.77. The van der Waals surface area contributed by atoms with Crippen LogP contribution in [-0.4, -0.2) is 54.9 Å². The molecule has 156 valence electrons. The maximum atomic E-state index is 12.0. The number of aliphatic hydroxyl groups is 1. The Kier molecular flexibility index (Phi) is 8.34. The van der Waals surface area contributed by atoms with Gasteiger partial charge in [0, 0.05) is 18.8 Å². The predicted octanol–water partition coefficient (Wildman–Crippen LogP) is 3.28. The van der Waals surface area contributed by atoms with E-state index in [-0.39, 0.29) is 19.2 Å². The van der Waals surface area contributed by atoms with Crippen molar-refractivity contribution in [3.05, 3.63) is 60.2 Å². The van der Waals surface area contributed by atoms with Crippen molar-refractivity contribution in [2.75, 3.05) is 38.1 Å². The van der Waals surface area contributed by atoms with Gasteiger partial charge in [-0.25, -0.2) is 4.79 Å². The summed E-state index contributed by atoms with van der Waals surface area (Å²) in [5.74, 6) is 0.691. The van der Waals surface area contributed by atoms with E-state index >= 15 is 0 Å². The van der Waals surface area contributed by atoms with Crippen LogP contribution in [0.4, 0.5) is 10.5 Å². The van der Waals surface area contributed by atoms with Crippen LogP contribution in [0.1, 0.15) is 24.8 Å². The maximum absolute atomic E-state index is 12.0. The molecular weight excluding hydrogens is 366 g/mol. The van der Waals surface area contributed by atoms with Gasteiger partial charge in [-0.15, -0.1) is 0 Å². The summed E-state index contributed by atoms with van der Waals surface area (Å²) in [5, 5.41) is 15.4. The van der Waals surface area contributed by atoms with Crippen molar-refractivity contribution >= 4 is 11.7 Å². The number of urea groups is 1. The fraction of sp³-hybridized carbons (Fsp3) is 0.435. The molecule has 3 rings (SSSR count). The number of amides is 2. The molecule has 6 heteroatoms. The first-order valence-electron chi connectivity index (χ1n) is 10.4. The molecule has 1 heterocycles. The highest BCUT2D eigenvalue weighted by atomic mass is 16.5. The molecule has 2 aromatic carbocycles. The van der Waals surface area contributed by atoms with Crippen molar-refractivity contribution in [1.29, 1.82) is 0 Å². The van der Waals surface area contributed by atoms with Crippen LogP contribution in [0, 0.1) is 0 Å². The minimum absolute atomic E-state index is 0.118. The number of ether oxygens (including phenoxy) is 1. The Morgan fingerprint density at radius 1 is 1.03 bits per heavy atom. The Hall–Kier alpha value is -2.57. The number of hydrogen-bond donors (Lipinski definition) is 3. The number of carbonyl (C=O) groups excluding carboxylic acids is 1. The smallest absolute Gasteiger partial charge is 0.319 e. The molecule has 1 aliphatic rings. The molecule has 2 amide bonds. The molecule has 1 atom stereocenters. The normalized spacial score (nSPS) is 15.5. The van der Waals surface area contributed by atoms with E-state index in [0.29, 0.717) is 5.75 Å². The van der Waals surface area contributed by atoms with Crippen molar-refractivity contribution in [2.45, 2.75) is 31.8 Å². The molecule has 0 unspecified atom stereocenters. The number of rotatable bonds is 9. The number of anilines is 1. The Labute approximate surface area is 172 Å². The van der Waals surface area contributed by atoms with Crippen molar-refractivity contribution in [1.82, 2.24) is 10.2 Å². The average molecular weight is 398 g/mol. The zero-order valence-electron chi connectivity index (χ0n) is 16.8. The number of para-hydroxylation sites is 1. The maximum Gasteiger partial charge on any atom is 0.319 e. The molecule has 2 aromatic rings. The van der Waals surface area contributed by atoms with Gasteiger partial charge in [0.15, 0.2) is 0 Å². The van der Waals surface area contributed by atoms with Crippen LogP contribution in [0.2, 0.25) is 0 Å². The highest BCUT2D eigenvalue weighted by Crippen LogP contribution is 2.13. The highest BCUT2D eigenvalue weighted by Gasteiger charge is 2.10. The first-order valence-corrected chi connectivity index (χ1v) is 10.4. The molecule has 0 saturated carbocycles. The lowest BCUT2D eigenvalue weighted by atomic mass is 10.1.